The van der Waals surface area contributed by atoms with E-state index in [4.69, 9.17) is 5.73 Å². The molecule has 0 aliphatic heterocycles. The van der Waals surface area contributed by atoms with Gasteiger partial charge in [0.25, 0.3) is 6.47 Å². The molecule has 1 aromatic heterocycles. The summed E-state index contributed by atoms with van der Waals surface area (Å²) in [6.07, 6.45) is 0. The first-order valence-corrected chi connectivity index (χ1v) is 6.72. The van der Waals surface area contributed by atoms with Crippen LogP contribution in [0.2, 0.25) is 0 Å². The van der Waals surface area contributed by atoms with Crippen LogP contribution < -0.4 is 5.73 Å². The van der Waals surface area contributed by atoms with Crippen LogP contribution in [0.25, 0.3) is 10.9 Å². The molecule has 0 saturated heterocycles. The largest absolute Gasteiger partial charge is 0.462 e. The lowest BCUT2D eigenvalue weighted by molar-refractivity contribution is -0.138. The van der Waals surface area contributed by atoms with Gasteiger partial charge in [-0.05, 0) is 54.9 Å². The number of halogens is 1. The second-order valence-electron chi connectivity index (χ2n) is 5.11. The standard InChI is InChI=1S/C9H7BrN2O.C5H10O2/c10-8-4-5-1-2-6(9(11)13)3-7(5)12-8;1-5(2,3)7-4-6/h1-4,12H,(H2,11,13);4H,1-3H3. The first kappa shape index (κ1) is 16.2. The number of H-pyrrole nitrogens is 1. The van der Waals surface area contributed by atoms with E-state index in [1.807, 2.05) is 32.9 Å². The van der Waals surface area contributed by atoms with Gasteiger partial charge >= 0.3 is 0 Å². The lowest BCUT2D eigenvalue weighted by Crippen LogP contribution is -2.17. The highest BCUT2D eigenvalue weighted by Crippen LogP contribution is 2.20. The van der Waals surface area contributed by atoms with E-state index in [0.29, 0.717) is 12.0 Å². The molecule has 1 heterocycles. The lowest BCUT2D eigenvalue weighted by atomic mass is 10.1. The molecule has 2 rings (SSSR count). The van der Waals surface area contributed by atoms with Crippen molar-refractivity contribution in [3.63, 3.8) is 0 Å². The predicted molar refractivity (Wildman–Crippen MR) is 81.4 cm³/mol. The van der Waals surface area contributed by atoms with E-state index < -0.39 is 5.91 Å². The molecule has 108 valence electrons. The molecule has 5 nitrogen and oxygen atoms in total. The fourth-order valence-corrected chi connectivity index (χ4v) is 1.85. The third-order valence-electron chi connectivity index (χ3n) is 2.28. The van der Waals surface area contributed by atoms with Crippen molar-refractivity contribution in [3.05, 3.63) is 34.4 Å². The molecule has 0 atom stereocenters. The number of hydrogen-bond donors (Lipinski definition) is 2. The summed E-state index contributed by atoms with van der Waals surface area (Å²) in [6.45, 7) is 5.92. The van der Waals surface area contributed by atoms with Gasteiger partial charge in [0.2, 0.25) is 5.91 Å². The number of aromatic amines is 1. The predicted octanol–water partition coefficient (Wildman–Crippen LogP) is 2.99. The molecule has 1 aromatic carbocycles. The van der Waals surface area contributed by atoms with Crippen molar-refractivity contribution >= 4 is 39.2 Å². The molecule has 0 aliphatic rings. The summed E-state index contributed by atoms with van der Waals surface area (Å²) >= 11 is 3.31. The number of carbonyl (C=O) groups excluding carboxylic acids is 2. The summed E-state index contributed by atoms with van der Waals surface area (Å²) in [5, 5.41) is 1.05. The molecule has 0 saturated carbocycles. The van der Waals surface area contributed by atoms with Crippen molar-refractivity contribution in [1.29, 1.82) is 0 Å². The van der Waals surface area contributed by atoms with E-state index in [2.05, 4.69) is 25.7 Å². The minimum atomic E-state index is -0.410. The number of rotatable bonds is 2. The van der Waals surface area contributed by atoms with Crippen LogP contribution in [0.3, 0.4) is 0 Å². The van der Waals surface area contributed by atoms with Gasteiger partial charge in [-0.1, -0.05) is 6.07 Å². The average Bonchev–Trinajstić information content (AvgIpc) is 2.66. The zero-order valence-corrected chi connectivity index (χ0v) is 13.2. The van der Waals surface area contributed by atoms with Crippen molar-refractivity contribution in [1.82, 2.24) is 4.98 Å². The highest BCUT2D eigenvalue weighted by atomic mass is 79.9. The average molecular weight is 341 g/mol. The van der Waals surface area contributed by atoms with Crippen LogP contribution >= 0.6 is 15.9 Å². The fraction of sp³-hybridized carbons (Fsp3) is 0.286. The van der Waals surface area contributed by atoms with Crippen molar-refractivity contribution in [2.45, 2.75) is 26.4 Å². The molecular weight excluding hydrogens is 324 g/mol. The summed E-state index contributed by atoms with van der Waals surface area (Å²) in [5.74, 6) is -0.410. The number of amides is 1. The molecule has 20 heavy (non-hydrogen) atoms. The van der Waals surface area contributed by atoms with Crippen LogP contribution in [0, 0.1) is 0 Å². The van der Waals surface area contributed by atoms with E-state index in [1.54, 1.807) is 12.1 Å². The van der Waals surface area contributed by atoms with Gasteiger partial charge in [0.05, 0.1) is 4.60 Å². The van der Waals surface area contributed by atoms with Crippen molar-refractivity contribution in [3.8, 4) is 0 Å². The molecular formula is C14H17BrN2O3. The van der Waals surface area contributed by atoms with Gasteiger partial charge in [0.1, 0.15) is 5.60 Å². The maximum absolute atomic E-state index is 10.8. The Morgan fingerprint density at radius 1 is 1.35 bits per heavy atom. The zero-order chi connectivity index (χ0) is 15.3. The number of hydrogen-bond acceptors (Lipinski definition) is 3. The van der Waals surface area contributed by atoms with Crippen LogP contribution in [0.1, 0.15) is 31.1 Å². The number of nitrogens with two attached hydrogens (primary N) is 1. The zero-order valence-electron chi connectivity index (χ0n) is 11.6. The third kappa shape index (κ3) is 5.05. The summed E-state index contributed by atoms with van der Waals surface area (Å²) < 4.78 is 5.44. The van der Waals surface area contributed by atoms with Crippen LogP contribution in [0.5, 0.6) is 0 Å². The number of ether oxygens (including phenoxy) is 1. The molecule has 1 amide bonds. The van der Waals surface area contributed by atoms with Crippen LogP contribution in [0.15, 0.2) is 28.9 Å². The Bertz CT molecular complexity index is 614. The minimum Gasteiger partial charge on any atom is -0.462 e. The maximum Gasteiger partial charge on any atom is 0.293 e. The second-order valence-corrected chi connectivity index (χ2v) is 5.96. The Labute approximate surface area is 125 Å². The van der Waals surface area contributed by atoms with E-state index in [9.17, 15) is 9.59 Å². The van der Waals surface area contributed by atoms with Crippen LogP contribution in [-0.4, -0.2) is 23.0 Å². The maximum atomic E-state index is 10.8. The van der Waals surface area contributed by atoms with Gasteiger partial charge in [0, 0.05) is 16.5 Å². The SMILES string of the molecule is CC(C)(C)OC=O.NC(=O)c1ccc2cc(Br)[nH]c2c1. The Balaban J connectivity index is 0.000000246. The van der Waals surface area contributed by atoms with Crippen molar-refractivity contribution in [2.24, 2.45) is 5.73 Å². The summed E-state index contributed by atoms with van der Waals surface area (Å²) in [4.78, 5) is 23.5. The lowest BCUT2D eigenvalue weighted by Gasteiger charge is -2.14. The molecule has 0 spiro atoms. The van der Waals surface area contributed by atoms with Crippen molar-refractivity contribution in [2.75, 3.05) is 0 Å². The van der Waals surface area contributed by atoms with Gasteiger partial charge in [-0.25, -0.2) is 0 Å². The number of aromatic nitrogens is 1. The Kier molecular flexibility index (Phi) is 5.33. The van der Waals surface area contributed by atoms with Gasteiger partial charge in [-0.15, -0.1) is 0 Å². The van der Waals surface area contributed by atoms with Gasteiger partial charge in [-0.3, -0.25) is 9.59 Å². The smallest absolute Gasteiger partial charge is 0.293 e. The summed E-state index contributed by atoms with van der Waals surface area (Å²) in [6, 6.07) is 7.25. The normalized spacial score (nSPS) is 10.6. The summed E-state index contributed by atoms with van der Waals surface area (Å²) in [5.41, 5.74) is 6.25. The van der Waals surface area contributed by atoms with E-state index >= 15 is 0 Å². The topological polar surface area (TPSA) is 85.2 Å². The van der Waals surface area contributed by atoms with Gasteiger partial charge in [0.15, 0.2) is 0 Å². The van der Waals surface area contributed by atoms with Crippen LogP contribution in [0.4, 0.5) is 0 Å². The number of primary amides is 1. The quantitative estimate of drug-likeness (QED) is 0.824. The molecule has 3 N–H and O–H groups in total. The highest BCUT2D eigenvalue weighted by Gasteiger charge is 2.07. The Hall–Kier alpha value is -1.82. The third-order valence-corrected chi connectivity index (χ3v) is 2.70. The molecule has 0 bridgehead atoms. The van der Waals surface area contributed by atoms with E-state index in [1.165, 1.54) is 0 Å². The highest BCUT2D eigenvalue weighted by molar-refractivity contribution is 9.10. The molecule has 2 aromatic rings. The first-order chi connectivity index (χ1) is 9.23. The number of carbonyl (C=O) groups is 2. The molecule has 0 unspecified atom stereocenters. The second kappa shape index (κ2) is 6.56. The Morgan fingerprint density at radius 2 is 2.00 bits per heavy atom. The van der Waals surface area contributed by atoms with Crippen LogP contribution in [-0.2, 0) is 9.53 Å². The van der Waals surface area contributed by atoms with Gasteiger partial charge in [-0.2, -0.15) is 0 Å². The number of fused-ring (bicyclic) bond motifs is 1. The summed E-state index contributed by atoms with van der Waals surface area (Å²) in [7, 11) is 0. The molecule has 6 heteroatoms. The Morgan fingerprint density at radius 3 is 2.45 bits per heavy atom. The molecule has 0 radical (unpaired) electrons. The molecule has 0 fully saturated rings. The van der Waals surface area contributed by atoms with E-state index in [-0.39, 0.29) is 5.60 Å². The molecule has 0 aliphatic carbocycles. The number of benzene rings is 1. The number of nitrogens with one attached hydrogen (secondary N) is 1. The fourth-order valence-electron chi connectivity index (χ4n) is 1.39. The van der Waals surface area contributed by atoms with Gasteiger partial charge < -0.3 is 15.5 Å². The monoisotopic (exact) mass is 340 g/mol. The van der Waals surface area contributed by atoms with E-state index in [0.717, 1.165) is 15.5 Å². The first-order valence-electron chi connectivity index (χ1n) is 5.92. The minimum absolute atomic E-state index is 0.318. The van der Waals surface area contributed by atoms with Crippen molar-refractivity contribution < 1.29 is 14.3 Å².